The van der Waals surface area contributed by atoms with Gasteiger partial charge in [0.05, 0.1) is 13.2 Å². The van der Waals surface area contributed by atoms with E-state index < -0.39 is 11.8 Å². The Kier molecular flexibility index (Phi) is 6.63. The molecule has 1 spiro atoms. The fraction of sp³-hybridized carbons (Fsp3) is 0.889. The van der Waals surface area contributed by atoms with Crippen molar-refractivity contribution in [1.29, 1.82) is 0 Å². The summed E-state index contributed by atoms with van der Waals surface area (Å²) in [7, 11) is 1.60. The van der Waals surface area contributed by atoms with E-state index in [1.54, 1.807) is 12.0 Å². The van der Waals surface area contributed by atoms with Crippen LogP contribution in [0.1, 0.15) is 52.9 Å². The standard InChI is InChI=1S/C18H32N2O4/c1-13(2)10-16(21)20-15(17(22)19-8-9-23-4)12-24-18(20)7-5-6-14(3)11-18/h13-15H,5-12H2,1-4H3,(H,19,22)/t14-,15+,18-/m1/s1. The van der Waals surface area contributed by atoms with Crippen molar-refractivity contribution < 1.29 is 19.1 Å². The molecule has 2 fully saturated rings. The van der Waals surface area contributed by atoms with Crippen LogP contribution in [0.4, 0.5) is 0 Å². The topological polar surface area (TPSA) is 67.9 Å². The Hall–Kier alpha value is -1.14. The van der Waals surface area contributed by atoms with Crippen LogP contribution in [0.3, 0.4) is 0 Å². The van der Waals surface area contributed by atoms with Crippen LogP contribution in [0.2, 0.25) is 0 Å². The molecule has 0 radical (unpaired) electrons. The summed E-state index contributed by atoms with van der Waals surface area (Å²) in [5.74, 6) is 0.652. The summed E-state index contributed by atoms with van der Waals surface area (Å²) in [5.41, 5.74) is -0.590. The molecule has 1 N–H and O–H groups in total. The van der Waals surface area contributed by atoms with Gasteiger partial charge < -0.3 is 14.8 Å². The Bertz CT molecular complexity index is 454. The lowest BCUT2D eigenvalue weighted by atomic mass is 9.83. The number of ether oxygens (including phenoxy) is 2. The third-order valence-corrected chi connectivity index (χ3v) is 4.95. The van der Waals surface area contributed by atoms with Crippen LogP contribution < -0.4 is 5.32 Å². The van der Waals surface area contributed by atoms with Gasteiger partial charge in [-0.1, -0.05) is 27.2 Å². The molecule has 6 nitrogen and oxygen atoms in total. The molecule has 138 valence electrons. The van der Waals surface area contributed by atoms with E-state index in [9.17, 15) is 9.59 Å². The second-order valence-corrected chi connectivity index (χ2v) is 7.62. The number of rotatable bonds is 6. The molecule has 1 saturated carbocycles. The predicted molar refractivity (Wildman–Crippen MR) is 91.3 cm³/mol. The molecule has 2 rings (SSSR count). The van der Waals surface area contributed by atoms with E-state index in [2.05, 4.69) is 12.2 Å². The number of methoxy groups -OCH3 is 1. The molecule has 0 unspecified atom stereocenters. The summed E-state index contributed by atoms with van der Waals surface area (Å²) in [4.78, 5) is 27.3. The van der Waals surface area contributed by atoms with E-state index in [1.807, 2.05) is 13.8 Å². The molecule has 24 heavy (non-hydrogen) atoms. The number of hydrogen-bond acceptors (Lipinski definition) is 4. The number of amides is 2. The maximum absolute atomic E-state index is 12.9. The minimum atomic E-state index is -0.590. The number of carbonyl (C=O) groups excluding carboxylic acids is 2. The summed E-state index contributed by atoms with van der Waals surface area (Å²) >= 11 is 0. The van der Waals surface area contributed by atoms with Gasteiger partial charge in [-0.05, 0) is 31.1 Å². The second-order valence-electron chi connectivity index (χ2n) is 7.62. The van der Waals surface area contributed by atoms with Crippen LogP contribution in [0, 0.1) is 11.8 Å². The Morgan fingerprint density at radius 3 is 2.79 bits per heavy atom. The van der Waals surface area contributed by atoms with Gasteiger partial charge in [0.15, 0.2) is 0 Å². The normalized spacial score (nSPS) is 30.1. The van der Waals surface area contributed by atoms with Crippen molar-refractivity contribution in [3.05, 3.63) is 0 Å². The van der Waals surface area contributed by atoms with E-state index in [4.69, 9.17) is 9.47 Å². The molecule has 1 heterocycles. The molecular formula is C18H32N2O4. The highest BCUT2D eigenvalue weighted by Crippen LogP contribution is 2.43. The van der Waals surface area contributed by atoms with Crippen LogP contribution in [0.25, 0.3) is 0 Å². The van der Waals surface area contributed by atoms with Crippen LogP contribution in [-0.4, -0.2) is 55.3 Å². The quantitative estimate of drug-likeness (QED) is 0.750. The fourth-order valence-corrected chi connectivity index (χ4v) is 3.92. The zero-order valence-corrected chi connectivity index (χ0v) is 15.5. The minimum Gasteiger partial charge on any atom is -0.383 e. The SMILES string of the molecule is COCCNC(=O)[C@@H]1CO[C@@]2(CCC[C@@H](C)C2)N1C(=O)CC(C)C. The van der Waals surface area contributed by atoms with Gasteiger partial charge in [-0.3, -0.25) is 14.5 Å². The highest BCUT2D eigenvalue weighted by Gasteiger charge is 2.53. The van der Waals surface area contributed by atoms with Crippen LogP contribution in [0.5, 0.6) is 0 Å². The zero-order chi connectivity index (χ0) is 17.7. The third-order valence-electron chi connectivity index (χ3n) is 4.95. The molecule has 2 aliphatic rings. The summed E-state index contributed by atoms with van der Waals surface area (Å²) in [6.45, 7) is 7.44. The van der Waals surface area contributed by atoms with Crippen LogP contribution in [0.15, 0.2) is 0 Å². The first kappa shape index (κ1) is 19.2. The molecule has 1 saturated heterocycles. The third kappa shape index (κ3) is 4.28. The van der Waals surface area contributed by atoms with Gasteiger partial charge in [-0.15, -0.1) is 0 Å². The predicted octanol–water partition coefficient (Wildman–Crippen LogP) is 1.93. The van der Waals surface area contributed by atoms with Gasteiger partial charge in [0.1, 0.15) is 11.8 Å². The van der Waals surface area contributed by atoms with E-state index in [0.717, 1.165) is 25.7 Å². The lowest BCUT2D eigenvalue weighted by molar-refractivity contribution is -0.163. The van der Waals surface area contributed by atoms with Crippen molar-refractivity contribution in [3.8, 4) is 0 Å². The van der Waals surface area contributed by atoms with Gasteiger partial charge in [-0.2, -0.15) is 0 Å². The maximum Gasteiger partial charge on any atom is 0.245 e. The highest BCUT2D eigenvalue weighted by atomic mass is 16.5. The lowest BCUT2D eigenvalue weighted by Gasteiger charge is -2.43. The first-order chi connectivity index (χ1) is 11.4. The smallest absolute Gasteiger partial charge is 0.245 e. The van der Waals surface area contributed by atoms with Crippen LogP contribution in [-0.2, 0) is 19.1 Å². The average Bonchev–Trinajstić information content (AvgIpc) is 2.85. The summed E-state index contributed by atoms with van der Waals surface area (Å²) in [6.07, 6.45) is 4.27. The van der Waals surface area contributed by atoms with Gasteiger partial charge in [0, 0.05) is 20.1 Å². The van der Waals surface area contributed by atoms with E-state index in [1.165, 1.54) is 0 Å². The summed E-state index contributed by atoms with van der Waals surface area (Å²) in [5, 5.41) is 2.86. The molecule has 0 aromatic carbocycles. The average molecular weight is 340 g/mol. The number of nitrogens with zero attached hydrogens (tertiary/aromatic N) is 1. The zero-order valence-electron chi connectivity index (χ0n) is 15.5. The Morgan fingerprint density at radius 1 is 1.42 bits per heavy atom. The lowest BCUT2D eigenvalue weighted by Crippen LogP contribution is -2.57. The molecular weight excluding hydrogens is 308 g/mol. The minimum absolute atomic E-state index is 0.0310. The molecule has 0 bridgehead atoms. The molecule has 6 heteroatoms. The van der Waals surface area contributed by atoms with Crippen molar-refractivity contribution in [2.24, 2.45) is 11.8 Å². The van der Waals surface area contributed by atoms with Gasteiger partial charge in [0.2, 0.25) is 11.8 Å². The Labute approximate surface area is 145 Å². The fourth-order valence-electron chi connectivity index (χ4n) is 3.92. The summed E-state index contributed by atoms with van der Waals surface area (Å²) in [6, 6.07) is -0.529. The Morgan fingerprint density at radius 2 is 2.17 bits per heavy atom. The Balaban J connectivity index is 2.17. The van der Waals surface area contributed by atoms with Crippen molar-refractivity contribution in [2.75, 3.05) is 26.9 Å². The molecule has 2 amide bonds. The first-order valence-corrected chi connectivity index (χ1v) is 9.12. The monoisotopic (exact) mass is 340 g/mol. The number of hydrogen-bond donors (Lipinski definition) is 1. The van der Waals surface area contributed by atoms with E-state index in [-0.39, 0.29) is 24.3 Å². The van der Waals surface area contributed by atoms with Gasteiger partial charge in [0.25, 0.3) is 0 Å². The molecule has 1 aliphatic heterocycles. The molecule has 3 atom stereocenters. The van der Waals surface area contributed by atoms with Gasteiger partial charge in [-0.25, -0.2) is 0 Å². The number of nitrogens with one attached hydrogen (secondary N) is 1. The first-order valence-electron chi connectivity index (χ1n) is 9.12. The van der Waals surface area contributed by atoms with E-state index in [0.29, 0.717) is 25.5 Å². The van der Waals surface area contributed by atoms with Crippen molar-refractivity contribution in [2.45, 2.75) is 64.6 Å². The van der Waals surface area contributed by atoms with Crippen LogP contribution >= 0.6 is 0 Å². The second kappa shape index (κ2) is 8.30. The molecule has 0 aromatic heterocycles. The van der Waals surface area contributed by atoms with Crippen molar-refractivity contribution >= 4 is 11.8 Å². The van der Waals surface area contributed by atoms with Crippen molar-refractivity contribution in [3.63, 3.8) is 0 Å². The highest BCUT2D eigenvalue weighted by molar-refractivity contribution is 5.88. The maximum atomic E-state index is 12.9. The number of carbonyl (C=O) groups is 2. The van der Waals surface area contributed by atoms with E-state index >= 15 is 0 Å². The van der Waals surface area contributed by atoms with Gasteiger partial charge >= 0.3 is 0 Å². The molecule has 1 aliphatic carbocycles. The van der Waals surface area contributed by atoms with Crippen molar-refractivity contribution in [1.82, 2.24) is 10.2 Å². The summed E-state index contributed by atoms with van der Waals surface area (Å²) < 4.78 is 11.1. The largest absolute Gasteiger partial charge is 0.383 e. The molecule has 0 aromatic rings.